The maximum Gasteiger partial charge on any atom is 0.271 e. The molecular weight excluding hydrogens is 324 g/mol. The van der Waals surface area contributed by atoms with Crippen molar-refractivity contribution in [3.63, 3.8) is 0 Å². The standard InChI is InChI=1S/C17H14N4O4/c1-10-3-8-14(21(23)24)9-15(10)19-16(22)12-4-6-13(7-5-12)17-18-11(2)20-25-17/h3-9H,1-2H3,(H,19,22). The van der Waals surface area contributed by atoms with Gasteiger partial charge in [0.15, 0.2) is 5.82 Å². The van der Waals surface area contributed by atoms with E-state index in [-0.39, 0.29) is 11.6 Å². The van der Waals surface area contributed by atoms with Crippen molar-refractivity contribution in [1.82, 2.24) is 10.1 Å². The van der Waals surface area contributed by atoms with Gasteiger partial charge in [-0.15, -0.1) is 0 Å². The molecule has 0 aliphatic rings. The normalized spacial score (nSPS) is 10.5. The Bertz CT molecular complexity index is 948. The number of nitro groups is 1. The number of non-ortho nitro benzene ring substituents is 1. The first-order valence-electron chi connectivity index (χ1n) is 7.41. The quantitative estimate of drug-likeness (QED) is 0.575. The molecule has 0 unspecified atom stereocenters. The number of carbonyl (C=O) groups is 1. The largest absolute Gasteiger partial charge is 0.334 e. The fourth-order valence-electron chi connectivity index (χ4n) is 2.23. The summed E-state index contributed by atoms with van der Waals surface area (Å²) in [5.41, 5.74) is 2.16. The Balaban J connectivity index is 1.80. The van der Waals surface area contributed by atoms with Crippen molar-refractivity contribution in [1.29, 1.82) is 0 Å². The van der Waals surface area contributed by atoms with E-state index in [1.54, 1.807) is 44.2 Å². The lowest BCUT2D eigenvalue weighted by Gasteiger charge is -2.08. The van der Waals surface area contributed by atoms with Crippen molar-refractivity contribution < 1.29 is 14.2 Å². The van der Waals surface area contributed by atoms with Crippen LogP contribution in [0.3, 0.4) is 0 Å². The van der Waals surface area contributed by atoms with Gasteiger partial charge in [0.2, 0.25) is 0 Å². The number of hydrogen-bond acceptors (Lipinski definition) is 6. The van der Waals surface area contributed by atoms with Gasteiger partial charge in [-0.2, -0.15) is 4.98 Å². The van der Waals surface area contributed by atoms with Crippen LogP contribution in [0.25, 0.3) is 11.5 Å². The van der Waals surface area contributed by atoms with E-state index in [9.17, 15) is 14.9 Å². The number of nitro benzene ring substituents is 1. The van der Waals surface area contributed by atoms with E-state index in [1.165, 1.54) is 12.1 Å². The Morgan fingerprint density at radius 2 is 1.88 bits per heavy atom. The second kappa shape index (κ2) is 6.52. The minimum Gasteiger partial charge on any atom is -0.334 e. The zero-order chi connectivity index (χ0) is 18.0. The zero-order valence-corrected chi connectivity index (χ0v) is 13.5. The summed E-state index contributed by atoms with van der Waals surface area (Å²) in [5, 5.41) is 17.3. The summed E-state index contributed by atoms with van der Waals surface area (Å²) >= 11 is 0. The molecule has 126 valence electrons. The van der Waals surface area contributed by atoms with Crippen molar-refractivity contribution in [3.8, 4) is 11.5 Å². The molecule has 0 fully saturated rings. The molecule has 1 amide bonds. The molecule has 0 aliphatic heterocycles. The van der Waals surface area contributed by atoms with Crippen molar-refractivity contribution in [2.45, 2.75) is 13.8 Å². The predicted molar refractivity (Wildman–Crippen MR) is 90.3 cm³/mol. The molecule has 3 aromatic rings. The minimum atomic E-state index is -0.504. The molecule has 1 heterocycles. The third-order valence-corrected chi connectivity index (χ3v) is 3.60. The van der Waals surface area contributed by atoms with E-state index in [1.807, 2.05) is 0 Å². The number of benzene rings is 2. The smallest absolute Gasteiger partial charge is 0.271 e. The zero-order valence-electron chi connectivity index (χ0n) is 13.5. The van der Waals surface area contributed by atoms with Gasteiger partial charge >= 0.3 is 0 Å². The monoisotopic (exact) mass is 338 g/mol. The van der Waals surface area contributed by atoms with E-state index in [0.717, 1.165) is 5.56 Å². The molecule has 0 aliphatic carbocycles. The number of aromatic nitrogens is 2. The van der Waals surface area contributed by atoms with E-state index in [4.69, 9.17) is 4.52 Å². The third-order valence-electron chi connectivity index (χ3n) is 3.60. The highest BCUT2D eigenvalue weighted by Gasteiger charge is 2.13. The van der Waals surface area contributed by atoms with Crippen LogP contribution in [0.4, 0.5) is 11.4 Å². The average Bonchev–Trinajstić information content (AvgIpc) is 3.03. The van der Waals surface area contributed by atoms with Crippen LogP contribution in [-0.2, 0) is 0 Å². The van der Waals surface area contributed by atoms with Gasteiger partial charge < -0.3 is 9.84 Å². The van der Waals surface area contributed by atoms with Crippen LogP contribution >= 0.6 is 0 Å². The van der Waals surface area contributed by atoms with Gasteiger partial charge in [-0.05, 0) is 43.7 Å². The average molecular weight is 338 g/mol. The van der Waals surface area contributed by atoms with Crippen LogP contribution in [0, 0.1) is 24.0 Å². The Morgan fingerprint density at radius 3 is 2.48 bits per heavy atom. The lowest BCUT2D eigenvalue weighted by atomic mass is 10.1. The van der Waals surface area contributed by atoms with Gasteiger partial charge in [-0.25, -0.2) is 0 Å². The Labute approximate surface area is 142 Å². The number of anilines is 1. The Hall–Kier alpha value is -3.55. The lowest BCUT2D eigenvalue weighted by molar-refractivity contribution is -0.384. The molecule has 0 saturated carbocycles. The van der Waals surface area contributed by atoms with Gasteiger partial charge in [0.1, 0.15) is 0 Å². The molecule has 1 N–H and O–H groups in total. The summed E-state index contributed by atoms with van der Waals surface area (Å²) in [6.07, 6.45) is 0. The molecule has 1 aromatic heterocycles. The van der Waals surface area contributed by atoms with Gasteiger partial charge in [-0.3, -0.25) is 14.9 Å². The molecular formula is C17H14N4O4. The first-order chi connectivity index (χ1) is 11.9. The molecule has 25 heavy (non-hydrogen) atoms. The van der Waals surface area contributed by atoms with Gasteiger partial charge in [0, 0.05) is 23.3 Å². The van der Waals surface area contributed by atoms with Crippen LogP contribution in [0.15, 0.2) is 47.0 Å². The first-order valence-corrected chi connectivity index (χ1v) is 7.41. The van der Waals surface area contributed by atoms with Crippen molar-refractivity contribution in [2.24, 2.45) is 0 Å². The van der Waals surface area contributed by atoms with Gasteiger partial charge in [-0.1, -0.05) is 11.2 Å². The summed E-state index contributed by atoms with van der Waals surface area (Å²) in [5.74, 6) is 0.536. The van der Waals surface area contributed by atoms with E-state index < -0.39 is 4.92 Å². The Morgan fingerprint density at radius 1 is 1.16 bits per heavy atom. The number of nitrogens with zero attached hydrogens (tertiary/aromatic N) is 3. The summed E-state index contributed by atoms with van der Waals surface area (Å²) in [4.78, 5) is 26.8. The fourth-order valence-corrected chi connectivity index (χ4v) is 2.23. The molecule has 2 aromatic carbocycles. The summed E-state index contributed by atoms with van der Waals surface area (Å²) in [6.45, 7) is 3.48. The molecule has 0 saturated heterocycles. The highest BCUT2D eigenvalue weighted by atomic mass is 16.6. The Kier molecular flexibility index (Phi) is 4.25. The highest BCUT2D eigenvalue weighted by Crippen LogP contribution is 2.23. The molecule has 8 nitrogen and oxygen atoms in total. The lowest BCUT2D eigenvalue weighted by Crippen LogP contribution is -2.12. The molecule has 8 heteroatoms. The second-order valence-corrected chi connectivity index (χ2v) is 5.43. The number of rotatable bonds is 4. The van der Waals surface area contributed by atoms with Gasteiger partial charge in [0.05, 0.1) is 10.6 Å². The summed E-state index contributed by atoms with van der Waals surface area (Å²) < 4.78 is 5.07. The van der Waals surface area contributed by atoms with Crippen molar-refractivity contribution >= 4 is 17.3 Å². The predicted octanol–water partition coefficient (Wildman–Crippen LogP) is 3.51. The number of carbonyl (C=O) groups excluding carboxylic acids is 1. The first kappa shape index (κ1) is 16.3. The molecule has 0 atom stereocenters. The number of hydrogen-bond donors (Lipinski definition) is 1. The van der Waals surface area contributed by atoms with Crippen LogP contribution in [0.5, 0.6) is 0 Å². The number of aryl methyl sites for hydroxylation is 2. The van der Waals surface area contributed by atoms with E-state index in [0.29, 0.717) is 28.5 Å². The number of amides is 1. The van der Waals surface area contributed by atoms with Crippen LogP contribution < -0.4 is 5.32 Å². The van der Waals surface area contributed by atoms with Crippen molar-refractivity contribution in [3.05, 3.63) is 69.5 Å². The van der Waals surface area contributed by atoms with Crippen LogP contribution in [0.2, 0.25) is 0 Å². The van der Waals surface area contributed by atoms with Crippen LogP contribution in [-0.4, -0.2) is 21.0 Å². The van der Waals surface area contributed by atoms with E-state index in [2.05, 4.69) is 15.5 Å². The molecule has 3 rings (SSSR count). The SMILES string of the molecule is Cc1noc(-c2ccc(C(=O)Nc3cc([N+](=O)[O-])ccc3C)cc2)n1. The molecule has 0 radical (unpaired) electrons. The topological polar surface area (TPSA) is 111 Å². The van der Waals surface area contributed by atoms with Crippen LogP contribution in [0.1, 0.15) is 21.7 Å². The highest BCUT2D eigenvalue weighted by molar-refractivity contribution is 6.05. The summed E-state index contributed by atoms with van der Waals surface area (Å²) in [7, 11) is 0. The van der Waals surface area contributed by atoms with Crippen molar-refractivity contribution in [2.75, 3.05) is 5.32 Å². The maximum absolute atomic E-state index is 12.4. The summed E-state index contributed by atoms with van der Waals surface area (Å²) in [6, 6.07) is 11.0. The number of nitrogens with one attached hydrogen (secondary N) is 1. The van der Waals surface area contributed by atoms with E-state index >= 15 is 0 Å². The molecule has 0 spiro atoms. The second-order valence-electron chi connectivity index (χ2n) is 5.43. The third kappa shape index (κ3) is 3.52. The fraction of sp³-hybridized carbons (Fsp3) is 0.118. The molecule has 0 bridgehead atoms. The maximum atomic E-state index is 12.4. The van der Waals surface area contributed by atoms with Gasteiger partial charge in [0.25, 0.3) is 17.5 Å². The minimum absolute atomic E-state index is 0.0805.